The van der Waals surface area contributed by atoms with E-state index in [1.54, 1.807) is 11.3 Å². The molecule has 0 fully saturated rings. The zero-order valence-electron chi connectivity index (χ0n) is 14.8. The van der Waals surface area contributed by atoms with E-state index >= 15 is 0 Å². The Labute approximate surface area is 153 Å². The van der Waals surface area contributed by atoms with Gasteiger partial charge in [-0.1, -0.05) is 36.4 Å². The van der Waals surface area contributed by atoms with E-state index in [9.17, 15) is 0 Å². The highest BCUT2D eigenvalue weighted by atomic mass is 32.1. The van der Waals surface area contributed by atoms with Crippen LogP contribution >= 0.6 is 11.3 Å². The maximum atomic E-state index is 6.51. The van der Waals surface area contributed by atoms with Crippen molar-refractivity contribution < 1.29 is 4.74 Å². The van der Waals surface area contributed by atoms with Crippen LogP contribution in [0.4, 0.5) is 0 Å². The lowest BCUT2D eigenvalue weighted by Crippen LogP contribution is -2.39. The van der Waals surface area contributed by atoms with Crippen molar-refractivity contribution in [1.82, 2.24) is 9.78 Å². The fraction of sp³-hybridized carbons (Fsp3) is 0.350. The van der Waals surface area contributed by atoms with E-state index in [1.807, 2.05) is 30.1 Å². The molecule has 4 nitrogen and oxygen atoms in total. The molecule has 0 aliphatic heterocycles. The molecule has 2 unspecified atom stereocenters. The number of rotatable bonds is 8. The number of nitrogens with zero attached hydrogens (tertiary/aromatic N) is 2. The lowest BCUT2D eigenvalue weighted by molar-refractivity contribution is 0.0645. The molecule has 0 bridgehead atoms. The fourth-order valence-corrected chi connectivity index (χ4v) is 3.74. The van der Waals surface area contributed by atoms with Gasteiger partial charge in [0.15, 0.2) is 0 Å². The quantitative estimate of drug-likeness (QED) is 0.666. The molecule has 0 aliphatic rings. The van der Waals surface area contributed by atoms with Crippen molar-refractivity contribution in [1.29, 1.82) is 0 Å². The van der Waals surface area contributed by atoms with Crippen molar-refractivity contribution in [2.45, 2.75) is 31.4 Å². The van der Waals surface area contributed by atoms with Crippen LogP contribution in [0.2, 0.25) is 0 Å². The minimum Gasteiger partial charge on any atom is -0.366 e. The van der Waals surface area contributed by atoms with Gasteiger partial charge in [0.2, 0.25) is 0 Å². The zero-order chi connectivity index (χ0) is 17.7. The van der Waals surface area contributed by atoms with Crippen LogP contribution in [0.1, 0.15) is 35.6 Å². The van der Waals surface area contributed by atoms with Gasteiger partial charge >= 0.3 is 0 Å². The van der Waals surface area contributed by atoms with Crippen LogP contribution < -0.4 is 5.73 Å². The highest BCUT2D eigenvalue weighted by Gasteiger charge is 2.23. The monoisotopic (exact) mass is 355 g/mol. The molecule has 0 spiro atoms. The summed E-state index contributed by atoms with van der Waals surface area (Å²) in [6, 6.07) is 16.5. The molecule has 2 heterocycles. The molecule has 25 heavy (non-hydrogen) atoms. The van der Waals surface area contributed by atoms with E-state index in [0.29, 0.717) is 6.61 Å². The van der Waals surface area contributed by atoms with Gasteiger partial charge in [-0.25, -0.2) is 0 Å². The van der Waals surface area contributed by atoms with Gasteiger partial charge in [-0.2, -0.15) is 5.10 Å². The normalized spacial score (nSPS) is 15.0. The first-order chi connectivity index (χ1) is 12.1. The molecule has 1 aromatic carbocycles. The van der Waals surface area contributed by atoms with E-state index in [1.165, 1.54) is 10.4 Å². The first-order valence-corrected chi connectivity index (χ1v) is 9.39. The standard InChI is InChI=1S/C20H25N3OS/c1-20(21,15-16-7-4-3-5-8-16)11-13-24-19(18-9-6-14-25-18)17-10-12-22-23(17)2/h3-10,12,14,19H,11,13,15,21H2,1-2H3. The Balaban J connectivity index is 1.63. The summed E-state index contributed by atoms with van der Waals surface area (Å²) in [5.41, 5.74) is 8.53. The van der Waals surface area contributed by atoms with Gasteiger partial charge in [0.25, 0.3) is 0 Å². The first kappa shape index (κ1) is 17.9. The molecule has 2 N–H and O–H groups in total. The van der Waals surface area contributed by atoms with Gasteiger partial charge in [-0.05, 0) is 42.8 Å². The molecule has 0 radical (unpaired) electrons. The predicted molar refractivity (Wildman–Crippen MR) is 103 cm³/mol. The molecule has 2 aromatic heterocycles. The van der Waals surface area contributed by atoms with Crippen molar-refractivity contribution in [3.8, 4) is 0 Å². The molecule has 0 saturated carbocycles. The third-order valence-electron chi connectivity index (χ3n) is 4.34. The summed E-state index contributed by atoms with van der Waals surface area (Å²) in [6.45, 7) is 2.70. The third-order valence-corrected chi connectivity index (χ3v) is 5.25. The fourth-order valence-electron chi connectivity index (χ4n) is 2.96. The number of hydrogen-bond acceptors (Lipinski definition) is 4. The van der Waals surface area contributed by atoms with Gasteiger partial charge in [0, 0.05) is 30.3 Å². The largest absolute Gasteiger partial charge is 0.366 e. The Morgan fingerprint density at radius 3 is 2.64 bits per heavy atom. The highest BCUT2D eigenvalue weighted by Crippen LogP contribution is 2.29. The zero-order valence-corrected chi connectivity index (χ0v) is 15.6. The number of benzene rings is 1. The molecule has 3 rings (SSSR count). The van der Waals surface area contributed by atoms with Crippen LogP contribution in [0, 0.1) is 0 Å². The van der Waals surface area contributed by atoms with E-state index in [0.717, 1.165) is 18.5 Å². The Bertz CT molecular complexity index is 765. The summed E-state index contributed by atoms with van der Waals surface area (Å²) >= 11 is 1.70. The van der Waals surface area contributed by atoms with Crippen molar-refractivity contribution in [2.24, 2.45) is 12.8 Å². The number of ether oxygens (including phenoxy) is 1. The third kappa shape index (κ3) is 4.78. The van der Waals surface area contributed by atoms with Gasteiger partial charge < -0.3 is 10.5 Å². The summed E-state index contributed by atoms with van der Waals surface area (Å²) < 4.78 is 8.13. The smallest absolute Gasteiger partial charge is 0.133 e. The van der Waals surface area contributed by atoms with Crippen LogP contribution in [0.3, 0.4) is 0 Å². The molecule has 3 aromatic rings. The van der Waals surface area contributed by atoms with Crippen molar-refractivity contribution >= 4 is 11.3 Å². The summed E-state index contributed by atoms with van der Waals surface area (Å²) in [5, 5.41) is 6.35. The SMILES string of the molecule is Cn1nccc1C(OCCC(C)(N)Cc1ccccc1)c1cccs1. The maximum absolute atomic E-state index is 6.51. The van der Waals surface area contributed by atoms with E-state index in [-0.39, 0.29) is 11.6 Å². The molecule has 5 heteroatoms. The number of thiophene rings is 1. The second-order valence-electron chi connectivity index (χ2n) is 6.71. The predicted octanol–water partition coefficient (Wildman–Crippen LogP) is 3.94. The van der Waals surface area contributed by atoms with E-state index in [2.05, 4.69) is 53.8 Å². The maximum Gasteiger partial charge on any atom is 0.133 e. The number of hydrogen-bond donors (Lipinski definition) is 1. The van der Waals surface area contributed by atoms with Crippen molar-refractivity contribution in [2.75, 3.05) is 6.61 Å². The van der Waals surface area contributed by atoms with Gasteiger partial charge in [0.1, 0.15) is 6.10 Å². The topological polar surface area (TPSA) is 53.1 Å². The molecule has 0 amide bonds. The Hall–Kier alpha value is -1.95. The average molecular weight is 356 g/mol. The molecular weight excluding hydrogens is 330 g/mol. The Morgan fingerprint density at radius 2 is 2.00 bits per heavy atom. The van der Waals surface area contributed by atoms with Crippen LogP contribution in [-0.2, 0) is 18.2 Å². The van der Waals surface area contributed by atoms with Crippen molar-refractivity contribution in [3.05, 3.63) is 76.2 Å². The summed E-state index contributed by atoms with van der Waals surface area (Å²) in [7, 11) is 1.95. The summed E-state index contributed by atoms with van der Waals surface area (Å²) in [5.74, 6) is 0. The molecular formula is C20H25N3OS. The number of aryl methyl sites for hydroxylation is 1. The van der Waals surface area contributed by atoms with Gasteiger partial charge in [-0.15, -0.1) is 11.3 Å². The van der Waals surface area contributed by atoms with E-state index in [4.69, 9.17) is 10.5 Å². The van der Waals surface area contributed by atoms with Crippen LogP contribution in [0.15, 0.2) is 60.1 Å². The highest BCUT2D eigenvalue weighted by molar-refractivity contribution is 7.10. The summed E-state index contributed by atoms with van der Waals surface area (Å²) in [6.07, 6.45) is 3.34. The molecule has 132 valence electrons. The van der Waals surface area contributed by atoms with Gasteiger partial charge in [0.05, 0.1) is 5.69 Å². The van der Waals surface area contributed by atoms with Crippen LogP contribution in [-0.4, -0.2) is 21.9 Å². The minimum atomic E-state index is -0.298. The number of nitrogens with two attached hydrogens (primary N) is 1. The first-order valence-electron chi connectivity index (χ1n) is 8.51. The van der Waals surface area contributed by atoms with Crippen molar-refractivity contribution in [3.63, 3.8) is 0 Å². The number of aromatic nitrogens is 2. The van der Waals surface area contributed by atoms with Crippen LogP contribution in [0.5, 0.6) is 0 Å². The van der Waals surface area contributed by atoms with Gasteiger partial charge in [-0.3, -0.25) is 4.68 Å². The lowest BCUT2D eigenvalue weighted by atomic mass is 9.91. The lowest BCUT2D eigenvalue weighted by Gasteiger charge is -2.26. The minimum absolute atomic E-state index is 0.0972. The Kier molecular flexibility index (Phi) is 5.68. The summed E-state index contributed by atoms with van der Waals surface area (Å²) in [4.78, 5) is 1.19. The Morgan fingerprint density at radius 1 is 1.20 bits per heavy atom. The second-order valence-corrected chi connectivity index (χ2v) is 7.69. The van der Waals surface area contributed by atoms with Crippen LogP contribution in [0.25, 0.3) is 0 Å². The average Bonchev–Trinajstić information content (AvgIpc) is 3.24. The second kappa shape index (κ2) is 7.95. The molecule has 0 saturated heterocycles. The molecule has 0 aliphatic carbocycles. The van der Waals surface area contributed by atoms with E-state index < -0.39 is 0 Å². The molecule has 2 atom stereocenters.